The van der Waals surface area contributed by atoms with Crippen LogP contribution in [0.15, 0.2) is 46.9 Å². The maximum Gasteiger partial charge on any atom is 0.328 e. The van der Waals surface area contributed by atoms with Crippen LogP contribution in [0.4, 0.5) is 0 Å². The fourth-order valence-corrected chi connectivity index (χ4v) is 3.34. The van der Waals surface area contributed by atoms with Gasteiger partial charge >= 0.3 is 5.97 Å². The molecule has 0 bridgehead atoms. The molecular formula is C24H26O4. The predicted octanol–water partition coefficient (Wildman–Crippen LogP) is 6.54. The molecule has 1 heterocycles. The summed E-state index contributed by atoms with van der Waals surface area (Å²) in [5.74, 6) is 0.396. The third kappa shape index (κ3) is 3.81. The van der Waals surface area contributed by atoms with Gasteiger partial charge in [0.1, 0.15) is 17.1 Å². The van der Waals surface area contributed by atoms with E-state index in [1.807, 2.05) is 30.3 Å². The fraction of sp³-hybridized carbons (Fsp3) is 0.292. The molecule has 4 heteroatoms. The van der Waals surface area contributed by atoms with Crippen LogP contribution in [-0.2, 0) is 4.79 Å². The highest BCUT2D eigenvalue weighted by Crippen LogP contribution is 2.40. The minimum atomic E-state index is -1.00. The third-order valence-corrected chi connectivity index (χ3v) is 5.01. The standard InChI is InChI=1S/C24H26O4/c1-13(2)17-10-19(14(3)4)24(27)20(11-17)16-6-7-21-18(9-16)12-22(28-21)15(5)8-23(25)26/h6-14,27H,1-5H3,(H,25,26). The second-order valence-electron chi connectivity index (χ2n) is 7.84. The molecule has 0 saturated heterocycles. The van der Waals surface area contributed by atoms with E-state index in [-0.39, 0.29) is 5.92 Å². The molecule has 0 atom stereocenters. The Morgan fingerprint density at radius 3 is 2.36 bits per heavy atom. The van der Waals surface area contributed by atoms with Gasteiger partial charge in [0.2, 0.25) is 0 Å². The van der Waals surface area contributed by atoms with Crippen molar-refractivity contribution in [2.75, 3.05) is 0 Å². The lowest BCUT2D eigenvalue weighted by Crippen LogP contribution is -1.96. The second kappa shape index (κ2) is 7.55. The first-order valence-electron chi connectivity index (χ1n) is 9.49. The number of furan rings is 1. The lowest BCUT2D eigenvalue weighted by molar-refractivity contribution is -0.131. The van der Waals surface area contributed by atoms with E-state index in [1.54, 1.807) is 6.92 Å². The highest BCUT2D eigenvalue weighted by molar-refractivity contribution is 5.92. The van der Waals surface area contributed by atoms with Gasteiger partial charge < -0.3 is 14.6 Å². The van der Waals surface area contributed by atoms with Crippen LogP contribution in [0, 0.1) is 0 Å². The molecule has 0 aliphatic rings. The Balaban J connectivity index is 2.15. The van der Waals surface area contributed by atoms with Crippen molar-refractivity contribution in [2.45, 2.75) is 46.5 Å². The average Bonchev–Trinajstić information content (AvgIpc) is 3.04. The molecule has 146 valence electrons. The first-order valence-corrected chi connectivity index (χ1v) is 9.49. The maximum atomic E-state index is 10.9. The number of carbonyl (C=O) groups is 1. The number of allylic oxidation sites excluding steroid dienone is 1. The number of carboxylic acids is 1. The van der Waals surface area contributed by atoms with Crippen molar-refractivity contribution in [3.05, 3.63) is 59.4 Å². The summed E-state index contributed by atoms with van der Waals surface area (Å²) in [5.41, 5.74) is 5.07. The Labute approximate surface area is 165 Å². The van der Waals surface area contributed by atoms with Crippen molar-refractivity contribution in [3.63, 3.8) is 0 Å². The molecule has 0 amide bonds. The van der Waals surface area contributed by atoms with Crippen LogP contribution >= 0.6 is 0 Å². The summed E-state index contributed by atoms with van der Waals surface area (Å²) in [6.45, 7) is 10.1. The van der Waals surface area contributed by atoms with Gasteiger partial charge in [-0.2, -0.15) is 0 Å². The quantitative estimate of drug-likeness (QED) is 0.495. The van der Waals surface area contributed by atoms with E-state index in [2.05, 4.69) is 33.8 Å². The molecule has 1 aromatic heterocycles. The first kappa shape index (κ1) is 19.7. The van der Waals surface area contributed by atoms with Gasteiger partial charge in [-0.15, -0.1) is 0 Å². The van der Waals surface area contributed by atoms with Crippen LogP contribution in [-0.4, -0.2) is 16.2 Å². The van der Waals surface area contributed by atoms with E-state index in [0.717, 1.165) is 28.2 Å². The van der Waals surface area contributed by atoms with Crippen LogP contribution < -0.4 is 0 Å². The number of aliphatic carboxylic acids is 1. The summed E-state index contributed by atoms with van der Waals surface area (Å²) in [6, 6.07) is 11.7. The molecule has 0 fully saturated rings. The van der Waals surface area contributed by atoms with Crippen LogP contribution in [0.3, 0.4) is 0 Å². The topological polar surface area (TPSA) is 70.7 Å². The summed E-state index contributed by atoms with van der Waals surface area (Å²) in [7, 11) is 0. The van der Waals surface area contributed by atoms with Gasteiger partial charge in [0.25, 0.3) is 0 Å². The van der Waals surface area contributed by atoms with Gasteiger partial charge in [-0.3, -0.25) is 0 Å². The lowest BCUT2D eigenvalue weighted by Gasteiger charge is -2.17. The number of hydrogen-bond donors (Lipinski definition) is 2. The minimum absolute atomic E-state index is 0.213. The largest absolute Gasteiger partial charge is 0.507 e. The monoisotopic (exact) mass is 378 g/mol. The van der Waals surface area contributed by atoms with Gasteiger partial charge in [0.05, 0.1) is 0 Å². The molecule has 3 rings (SSSR count). The molecule has 0 aliphatic carbocycles. The van der Waals surface area contributed by atoms with Gasteiger partial charge in [-0.1, -0.05) is 39.8 Å². The van der Waals surface area contributed by atoms with Crippen molar-refractivity contribution in [1.29, 1.82) is 0 Å². The van der Waals surface area contributed by atoms with E-state index in [4.69, 9.17) is 9.52 Å². The van der Waals surface area contributed by atoms with Crippen molar-refractivity contribution in [1.82, 2.24) is 0 Å². The molecule has 0 unspecified atom stereocenters. The molecule has 0 saturated carbocycles. The maximum absolute atomic E-state index is 10.9. The van der Waals surface area contributed by atoms with E-state index in [0.29, 0.717) is 28.6 Å². The third-order valence-electron chi connectivity index (χ3n) is 5.01. The van der Waals surface area contributed by atoms with Crippen LogP contribution in [0.25, 0.3) is 27.7 Å². The zero-order valence-electron chi connectivity index (χ0n) is 16.9. The highest BCUT2D eigenvalue weighted by atomic mass is 16.4. The molecule has 2 N–H and O–H groups in total. The molecule has 0 radical (unpaired) electrons. The molecule has 0 spiro atoms. The molecule has 0 aliphatic heterocycles. The fourth-order valence-electron chi connectivity index (χ4n) is 3.34. The summed E-state index contributed by atoms with van der Waals surface area (Å²) >= 11 is 0. The van der Waals surface area contributed by atoms with E-state index in [9.17, 15) is 9.90 Å². The summed E-state index contributed by atoms with van der Waals surface area (Å²) in [6.07, 6.45) is 1.13. The van der Waals surface area contributed by atoms with Crippen molar-refractivity contribution < 1.29 is 19.4 Å². The molecular weight excluding hydrogens is 352 g/mol. The number of benzene rings is 2. The molecule has 4 nitrogen and oxygen atoms in total. The summed E-state index contributed by atoms with van der Waals surface area (Å²) < 4.78 is 5.78. The average molecular weight is 378 g/mol. The summed E-state index contributed by atoms with van der Waals surface area (Å²) in [4.78, 5) is 10.9. The van der Waals surface area contributed by atoms with Crippen molar-refractivity contribution in [3.8, 4) is 16.9 Å². The van der Waals surface area contributed by atoms with Gasteiger partial charge in [0, 0.05) is 17.0 Å². The van der Waals surface area contributed by atoms with Crippen LogP contribution in [0.2, 0.25) is 0 Å². The minimum Gasteiger partial charge on any atom is -0.507 e. The zero-order chi connectivity index (χ0) is 20.6. The SMILES string of the molecule is CC(=CC(=O)O)c1cc2cc(-c3cc(C(C)C)cc(C(C)C)c3O)ccc2o1. The van der Waals surface area contributed by atoms with Crippen molar-refractivity contribution >= 4 is 22.5 Å². The molecule has 3 aromatic rings. The molecule has 2 aromatic carbocycles. The summed E-state index contributed by atoms with van der Waals surface area (Å²) in [5, 5.41) is 20.7. The normalized spacial score (nSPS) is 12.3. The van der Waals surface area contributed by atoms with E-state index in [1.165, 1.54) is 5.56 Å². The number of rotatable bonds is 5. The Bertz CT molecular complexity index is 1070. The van der Waals surface area contributed by atoms with Crippen LogP contribution in [0.1, 0.15) is 63.3 Å². The van der Waals surface area contributed by atoms with Gasteiger partial charge in [-0.05, 0) is 65.3 Å². The van der Waals surface area contributed by atoms with E-state index >= 15 is 0 Å². The Kier molecular flexibility index (Phi) is 5.32. The Hall–Kier alpha value is -3.01. The lowest BCUT2D eigenvalue weighted by atomic mass is 9.89. The number of phenolic OH excluding ortho intramolecular Hbond substituents is 1. The zero-order valence-corrected chi connectivity index (χ0v) is 16.9. The number of fused-ring (bicyclic) bond motifs is 1. The molecule has 28 heavy (non-hydrogen) atoms. The first-order chi connectivity index (χ1) is 13.2. The highest BCUT2D eigenvalue weighted by Gasteiger charge is 2.17. The van der Waals surface area contributed by atoms with Crippen LogP contribution in [0.5, 0.6) is 5.75 Å². The second-order valence-corrected chi connectivity index (χ2v) is 7.84. The number of phenols is 1. The Morgan fingerprint density at radius 2 is 1.75 bits per heavy atom. The number of aromatic hydroxyl groups is 1. The number of carboxylic acid groups (broad SMARTS) is 1. The van der Waals surface area contributed by atoms with Gasteiger partial charge in [0.15, 0.2) is 0 Å². The van der Waals surface area contributed by atoms with E-state index < -0.39 is 5.97 Å². The smallest absolute Gasteiger partial charge is 0.328 e. The van der Waals surface area contributed by atoms with Gasteiger partial charge in [-0.25, -0.2) is 4.79 Å². The Morgan fingerprint density at radius 1 is 1.04 bits per heavy atom. The predicted molar refractivity (Wildman–Crippen MR) is 113 cm³/mol. The van der Waals surface area contributed by atoms with Crippen molar-refractivity contribution in [2.24, 2.45) is 0 Å². The number of hydrogen-bond acceptors (Lipinski definition) is 3.